The topological polar surface area (TPSA) is 49.8 Å². The number of furan rings is 1. The number of fused-ring (bicyclic) bond motifs is 3. The smallest absolute Gasteiger partial charge is 0.144 e. The summed E-state index contributed by atoms with van der Waals surface area (Å²) in [6, 6.07) is 31.6. The number of halogens is 1. The molecule has 194 valence electrons. The van der Waals surface area contributed by atoms with Crippen LogP contribution >= 0.6 is 0 Å². The van der Waals surface area contributed by atoms with Crippen molar-refractivity contribution in [2.45, 2.75) is 26.0 Å². The van der Waals surface area contributed by atoms with Gasteiger partial charge in [-0.1, -0.05) is 92.7 Å². The number of nitriles is 1. The Morgan fingerprint density at radius 1 is 0.780 bits per heavy atom. The van der Waals surface area contributed by atoms with Gasteiger partial charge < -0.3 is 4.42 Å². The van der Waals surface area contributed by atoms with E-state index in [0.717, 1.165) is 39.2 Å². The predicted octanol–water partition coefficient (Wildman–Crippen LogP) is 8.53. The number of nitrogens with zero attached hydrogens (tertiary/aromatic N) is 2. The number of hydrogen-bond donors (Lipinski definition) is 0. The molecule has 2 heterocycles. The second-order valence-corrected chi connectivity index (χ2v) is 11.4. The number of para-hydroxylation sites is 1. The number of rotatable bonds is 4. The highest BCUT2D eigenvalue weighted by molar-refractivity contribution is 6.40. The van der Waals surface area contributed by atoms with E-state index in [0.29, 0.717) is 28.0 Å². The molecule has 4 radical (unpaired) electrons. The summed E-state index contributed by atoms with van der Waals surface area (Å²) in [5, 5.41) is 10.3. The van der Waals surface area contributed by atoms with Gasteiger partial charge in [-0.2, -0.15) is 5.26 Å². The number of aromatic nitrogens is 1. The minimum atomic E-state index is -1.43. The standard InChI is InChI=1S/C35H25B2FN2O/c1-34(2,3)35(36,37)28-18-30(40-20-29(28)38)27-11-7-10-25-26-17-16-24(19-39)31(33(26)41-32(25)27)23-14-12-22(13-15-23)21-8-5-4-6-9-21/h4-18,20H,1-3H3. The molecule has 0 atom stereocenters. The minimum absolute atomic E-state index is 0.175. The van der Waals surface area contributed by atoms with Crippen molar-refractivity contribution in [2.24, 2.45) is 5.41 Å². The molecule has 0 bridgehead atoms. The van der Waals surface area contributed by atoms with E-state index in [9.17, 15) is 9.65 Å². The van der Waals surface area contributed by atoms with Crippen molar-refractivity contribution < 1.29 is 8.81 Å². The fourth-order valence-corrected chi connectivity index (χ4v) is 5.21. The van der Waals surface area contributed by atoms with Gasteiger partial charge in [-0.15, -0.1) is 0 Å². The highest BCUT2D eigenvalue weighted by Gasteiger charge is 2.36. The molecule has 6 heteroatoms. The Balaban J connectivity index is 1.54. The fraction of sp³-hybridized carbons (Fsp3) is 0.143. The Hall–Kier alpha value is -4.62. The van der Waals surface area contributed by atoms with Crippen molar-refractivity contribution >= 4 is 37.6 Å². The van der Waals surface area contributed by atoms with Crippen LogP contribution in [0.5, 0.6) is 0 Å². The SMILES string of the molecule is [B]C([B])(c1cc(-c2cccc3c2oc2c(-c4ccc(-c5ccccc5)cc4)c(C#N)ccc23)ncc1F)C(C)(C)C. The fourth-order valence-electron chi connectivity index (χ4n) is 5.21. The summed E-state index contributed by atoms with van der Waals surface area (Å²) in [6.45, 7) is 5.60. The summed E-state index contributed by atoms with van der Waals surface area (Å²) in [6.07, 6.45) is 1.15. The first-order chi connectivity index (χ1) is 19.6. The first-order valence-corrected chi connectivity index (χ1v) is 13.4. The normalized spacial score (nSPS) is 12.1. The van der Waals surface area contributed by atoms with Gasteiger partial charge in [0.25, 0.3) is 0 Å². The Morgan fingerprint density at radius 3 is 2.12 bits per heavy atom. The minimum Gasteiger partial charge on any atom is -0.455 e. The maximum Gasteiger partial charge on any atom is 0.144 e. The van der Waals surface area contributed by atoms with Gasteiger partial charge in [0, 0.05) is 21.9 Å². The van der Waals surface area contributed by atoms with Gasteiger partial charge in [-0.3, -0.25) is 4.98 Å². The predicted molar refractivity (Wildman–Crippen MR) is 165 cm³/mol. The van der Waals surface area contributed by atoms with Gasteiger partial charge in [0.15, 0.2) is 0 Å². The lowest BCUT2D eigenvalue weighted by Crippen LogP contribution is -2.42. The van der Waals surface area contributed by atoms with Crippen LogP contribution in [0, 0.1) is 22.6 Å². The van der Waals surface area contributed by atoms with Gasteiger partial charge >= 0.3 is 0 Å². The number of hydrogen-bond acceptors (Lipinski definition) is 3. The van der Waals surface area contributed by atoms with Crippen LogP contribution in [-0.2, 0) is 5.21 Å². The molecule has 6 rings (SSSR count). The molecule has 0 N–H and O–H groups in total. The van der Waals surface area contributed by atoms with E-state index in [1.165, 1.54) is 0 Å². The lowest BCUT2D eigenvalue weighted by Gasteiger charge is -2.41. The molecule has 0 spiro atoms. The lowest BCUT2D eigenvalue weighted by atomic mass is 9.41. The highest BCUT2D eigenvalue weighted by Crippen LogP contribution is 2.43. The van der Waals surface area contributed by atoms with E-state index in [1.54, 1.807) is 6.07 Å². The molecule has 41 heavy (non-hydrogen) atoms. The lowest BCUT2D eigenvalue weighted by molar-refractivity contribution is 0.349. The third-order valence-corrected chi connectivity index (χ3v) is 7.89. The van der Waals surface area contributed by atoms with Crippen LogP contribution in [0.3, 0.4) is 0 Å². The van der Waals surface area contributed by atoms with Crippen LogP contribution < -0.4 is 0 Å². The third-order valence-electron chi connectivity index (χ3n) is 7.89. The third kappa shape index (κ3) is 4.43. The van der Waals surface area contributed by atoms with Crippen LogP contribution in [-0.4, -0.2) is 20.7 Å². The van der Waals surface area contributed by atoms with Crippen molar-refractivity contribution in [3.05, 3.63) is 114 Å². The van der Waals surface area contributed by atoms with Gasteiger partial charge in [0.1, 0.15) is 17.0 Å². The molecule has 0 aliphatic heterocycles. The first-order valence-electron chi connectivity index (χ1n) is 13.4. The maximum absolute atomic E-state index is 15.0. The summed E-state index contributed by atoms with van der Waals surface area (Å²) < 4.78 is 21.5. The van der Waals surface area contributed by atoms with Crippen LogP contribution in [0.25, 0.3) is 55.4 Å². The van der Waals surface area contributed by atoms with Crippen LogP contribution in [0.1, 0.15) is 31.9 Å². The molecule has 3 nitrogen and oxygen atoms in total. The van der Waals surface area contributed by atoms with Gasteiger partial charge in [-0.05, 0) is 51.9 Å². The molecule has 0 saturated carbocycles. The molecular weight excluding hydrogens is 505 g/mol. The van der Waals surface area contributed by atoms with Gasteiger partial charge in [-0.25, -0.2) is 4.39 Å². The van der Waals surface area contributed by atoms with E-state index in [4.69, 9.17) is 20.1 Å². The molecule has 0 saturated heterocycles. The number of benzene rings is 4. The van der Waals surface area contributed by atoms with Crippen molar-refractivity contribution in [3.8, 4) is 39.6 Å². The van der Waals surface area contributed by atoms with E-state index < -0.39 is 16.4 Å². The van der Waals surface area contributed by atoms with Crippen LogP contribution in [0.2, 0.25) is 0 Å². The van der Waals surface area contributed by atoms with E-state index in [-0.39, 0.29) is 5.56 Å². The zero-order valence-electron chi connectivity index (χ0n) is 23.1. The summed E-state index contributed by atoms with van der Waals surface area (Å²) in [4.78, 5) is 4.38. The molecule has 0 amide bonds. The second kappa shape index (κ2) is 9.78. The molecule has 2 aromatic heterocycles. The monoisotopic (exact) mass is 530 g/mol. The summed E-state index contributed by atoms with van der Waals surface area (Å²) in [5.41, 5.74) is 6.20. The van der Waals surface area contributed by atoms with Crippen LogP contribution in [0.15, 0.2) is 102 Å². The molecular formula is C35H25B2FN2O. The average Bonchev–Trinajstić information content (AvgIpc) is 3.36. The van der Waals surface area contributed by atoms with E-state index >= 15 is 0 Å². The molecule has 6 aromatic rings. The van der Waals surface area contributed by atoms with Crippen molar-refractivity contribution in [3.63, 3.8) is 0 Å². The van der Waals surface area contributed by atoms with Crippen LogP contribution in [0.4, 0.5) is 4.39 Å². The average molecular weight is 530 g/mol. The molecule has 0 aliphatic rings. The Bertz CT molecular complexity index is 1970. The highest BCUT2D eigenvalue weighted by atomic mass is 19.1. The molecule has 4 aromatic carbocycles. The van der Waals surface area contributed by atoms with Crippen molar-refractivity contribution in [1.29, 1.82) is 5.26 Å². The Kier molecular flexibility index (Phi) is 6.35. The molecule has 0 unspecified atom stereocenters. The second-order valence-electron chi connectivity index (χ2n) is 11.4. The summed E-state index contributed by atoms with van der Waals surface area (Å²) in [7, 11) is 12.9. The quantitative estimate of drug-likeness (QED) is 0.215. The Labute approximate surface area is 241 Å². The summed E-state index contributed by atoms with van der Waals surface area (Å²) >= 11 is 0. The zero-order chi connectivity index (χ0) is 28.9. The molecule has 0 aliphatic carbocycles. The largest absolute Gasteiger partial charge is 0.455 e. The van der Waals surface area contributed by atoms with Crippen molar-refractivity contribution in [2.75, 3.05) is 0 Å². The first kappa shape index (κ1) is 26.6. The van der Waals surface area contributed by atoms with Gasteiger partial charge in [0.2, 0.25) is 0 Å². The Morgan fingerprint density at radius 2 is 1.44 bits per heavy atom. The van der Waals surface area contributed by atoms with Crippen molar-refractivity contribution in [1.82, 2.24) is 4.98 Å². The van der Waals surface area contributed by atoms with E-state index in [1.807, 2.05) is 93.6 Å². The maximum atomic E-state index is 15.0. The zero-order valence-corrected chi connectivity index (χ0v) is 23.1. The van der Waals surface area contributed by atoms with E-state index in [2.05, 4.69) is 23.2 Å². The summed E-state index contributed by atoms with van der Waals surface area (Å²) in [5.74, 6) is -0.564. The molecule has 0 fully saturated rings. The number of pyridine rings is 1. The van der Waals surface area contributed by atoms with Gasteiger partial charge in [0.05, 0.1) is 39.2 Å².